The van der Waals surface area contributed by atoms with Gasteiger partial charge in [0.15, 0.2) is 5.17 Å². The molecular weight excluding hydrogens is 527 g/mol. The van der Waals surface area contributed by atoms with Crippen LogP contribution in [0, 0.1) is 0 Å². The Bertz CT molecular complexity index is 1400. The molecule has 1 aromatic heterocycles. The molecule has 12 heteroatoms. The number of fused-ring (bicyclic) bond motifs is 1. The lowest BCUT2D eigenvalue weighted by Crippen LogP contribution is -2.53. The van der Waals surface area contributed by atoms with Gasteiger partial charge in [-0.2, -0.15) is 23.3 Å². The molecule has 1 saturated heterocycles. The summed E-state index contributed by atoms with van der Waals surface area (Å²) < 4.78 is 47.3. The number of aliphatic imine (C=N–C) groups is 1. The van der Waals surface area contributed by atoms with Crippen LogP contribution in [0.2, 0.25) is 5.02 Å². The van der Waals surface area contributed by atoms with Crippen molar-refractivity contribution < 1.29 is 22.7 Å². The molecule has 0 bridgehead atoms. The smallest absolute Gasteiger partial charge is 0.383 e. The molecule has 3 aromatic rings. The largest absolute Gasteiger partial charge is 0.416 e. The fraction of sp³-hybridized carbons (Fsp3) is 0.320. The highest BCUT2D eigenvalue weighted by Crippen LogP contribution is 2.35. The van der Waals surface area contributed by atoms with E-state index in [4.69, 9.17) is 16.3 Å². The Kier molecular flexibility index (Phi) is 7.30. The van der Waals surface area contributed by atoms with Gasteiger partial charge in [0.05, 0.1) is 35.3 Å². The van der Waals surface area contributed by atoms with Gasteiger partial charge >= 0.3 is 6.18 Å². The van der Waals surface area contributed by atoms with E-state index in [1.54, 1.807) is 25.4 Å². The summed E-state index contributed by atoms with van der Waals surface area (Å²) in [4.78, 5) is 19.4. The number of hydrogen-bond acceptors (Lipinski definition) is 6. The molecule has 0 radical (unpaired) electrons. The monoisotopic (exact) mass is 549 g/mol. The van der Waals surface area contributed by atoms with E-state index >= 15 is 0 Å². The van der Waals surface area contributed by atoms with E-state index < -0.39 is 11.7 Å². The fourth-order valence-electron chi connectivity index (χ4n) is 4.43. The van der Waals surface area contributed by atoms with Crippen LogP contribution in [0.5, 0.6) is 0 Å². The van der Waals surface area contributed by atoms with Crippen molar-refractivity contribution in [3.05, 3.63) is 69.2 Å². The minimum absolute atomic E-state index is 0.0253. The lowest BCUT2D eigenvalue weighted by molar-refractivity contribution is -0.138. The van der Waals surface area contributed by atoms with Crippen molar-refractivity contribution in [2.75, 3.05) is 33.4 Å². The molecule has 5 rings (SSSR count). The van der Waals surface area contributed by atoms with Crippen molar-refractivity contribution in [2.24, 2.45) is 4.99 Å². The van der Waals surface area contributed by atoms with E-state index in [0.29, 0.717) is 28.7 Å². The lowest BCUT2D eigenvalue weighted by Gasteiger charge is -2.34. The van der Waals surface area contributed by atoms with E-state index in [-0.39, 0.29) is 29.1 Å². The van der Waals surface area contributed by atoms with Gasteiger partial charge in [0.25, 0.3) is 5.91 Å². The first kappa shape index (κ1) is 25.8. The Morgan fingerprint density at radius 2 is 2.11 bits per heavy atom. The molecule has 2 aliphatic rings. The molecule has 194 valence electrons. The average molecular weight is 550 g/mol. The number of nitrogens with one attached hydrogen (secondary N) is 1. The molecule has 1 unspecified atom stereocenters. The van der Waals surface area contributed by atoms with E-state index in [9.17, 15) is 18.0 Å². The van der Waals surface area contributed by atoms with Gasteiger partial charge in [-0.1, -0.05) is 23.7 Å². The van der Waals surface area contributed by atoms with Crippen LogP contribution in [0.3, 0.4) is 0 Å². The zero-order valence-electron chi connectivity index (χ0n) is 19.8. The summed E-state index contributed by atoms with van der Waals surface area (Å²) >= 11 is 7.14. The second-order valence-electron chi connectivity index (χ2n) is 8.78. The zero-order chi connectivity index (χ0) is 26.2. The lowest BCUT2D eigenvalue weighted by atomic mass is 10.1. The van der Waals surface area contributed by atoms with E-state index in [0.717, 1.165) is 30.1 Å². The minimum Gasteiger partial charge on any atom is -0.383 e. The molecule has 3 heterocycles. The molecule has 1 fully saturated rings. The van der Waals surface area contributed by atoms with Gasteiger partial charge < -0.3 is 15.0 Å². The summed E-state index contributed by atoms with van der Waals surface area (Å²) in [6.45, 7) is 2.75. The van der Waals surface area contributed by atoms with Crippen LogP contribution in [-0.2, 0) is 22.3 Å². The number of thioether (sulfide) groups is 1. The Balaban J connectivity index is 1.33. The first-order valence-electron chi connectivity index (χ1n) is 11.5. The summed E-state index contributed by atoms with van der Waals surface area (Å²) in [7, 11) is 1.66. The van der Waals surface area contributed by atoms with Crippen LogP contribution in [0.25, 0.3) is 17.0 Å². The molecule has 1 amide bonds. The predicted molar refractivity (Wildman–Crippen MR) is 139 cm³/mol. The second kappa shape index (κ2) is 10.5. The fourth-order valence-corrected chi connectivity index (χ4v) is 5.55. The number of aromatic nitrogens is 2. The number of halogens is 4. The van der Waals surface area contributed by atoms with Crippen LogP contribution < -0.4 is 5.32 Å². The normalized spacial score (nSPS) is 19.8. The number of rotatable bonds is 5. The number of methoxy groups -OCH3 is 1. The maximum absolute atomic E-state index is 13.5. The number of amides is 1. The number of carbonyl (C=O) groups is 1. The van der Waals surface area contributed by atoms with E-state index in [2.05, 4.69) is 20.3 Å². The first-order valence-corrected chi connectivity index (χ1v) is 12.7. The van der Waals surface area contributed by atoms with Gasteiger partial charge in [-0.25, -0.2) is 0 Å². The number of amidine groups is 1. The molecule has 37 heavy (non-hydrogen) atoms. The minimum atomic E-state index is -4.52. The van der Waals surface area contributed by atoms with Gasteiger partial charge in [-0.05, 0) is 53.2 Å². The first-order chi connectivity index (χ1) is 17.7. The van der Waals surface area contributed by atoms with Crippen LogP contribution in [0.1, 0.15) is 16.7 Å². The SMILES string of the molecule is COCC1CN(C2=NC(=O)C(=Cc3ccc4c(cnn4Cc4ccc(Cl)cc4C(F)(F)F)c3)S2)CCN1. The summed E-state index contributed by atoms with van der Waals surface area (Å²) in [5.41, 5.74) is 0.749. The summed E-state index contributed by atoms with van der Waals surface area (Å²) in [6, 6.07) is 9.35. The Morgan fingerprint density at radius 3 is 2.89 bits per heavy atom. The number of ether oxygens (including phenoxy) is 1. The molecule has 0 saturated carbocycles. The molecule has 1 atom stereocenters. The molecule has 2 aromatic carbocycles. The second-order valence-corrected chi connectivity index (χ2v) is 10.2. The zero-order valence-corrected chi connectivity index (χ0v) is 21.3. The van der Waals surface area contributed by atoms with Crippen LogP contribution in [0.15, 0.2) is 52.5 Å². The standard InChI is InChI=1S/C25H23ClF3N5O2S/c1-36-14-19-13-33(7-6-30-19)24-32-23(35)22(37-24)9-15-2-5-21-17(8-15)11-31-34(21)12-16-3-4-18(26)10-20(16)25(27,28)29/h2-5,8-11,19,30H,6-7,12-14H2,1H3. The number of carbonyl (C=O) groups excluding carboxylic acids is 1. The highest BCUT2D eigenvalue weighted by atomic mass is 35.5. The van der Waals surface area contributed by atoms with Crippen molar-refractivity contribution in [2.45, 2.75) is 18.8 Å². The summed E-state index contributed by atoms with van der Waals surface area (Å²) in [5, 5.41) is 9.13. The third kappa shape index (κ3) is 5.69. The van der Waals surface area contributed by atoms with Gasteiger partial charge in [-0.3, -0.25) is 9.48 Å². The molecule has 7 nitrogen and oxygen atoms in total. The van der Waals surface area contributed by atoms with Gasteiger partial charge in [0.2, 0.25) is 0 Å². The number of piperazine rings is 1. The van der Waals surface area contributed by atoms with Crippen molar-refractivity contribution in [3.63, 3.8) is 0 Å². The van der Waals surface area contributed by atoms with Crippen molar-refractivity contribution in [3.8, 4) is 0 Å². The van der Waals surface area contributed by atoms with Gasteiger partial charge in [-0.15, -0.1) is 0 Å². The quantitative estimate of drug-likeness (QED) is 0.467. The van der Waals surface area contributed by atoms with Crippen molar-refractivity contribution >= 4 is 51.4 Å². The third-order valence-corrected chi connectivity index (χ3v) is 7.44. The summed E-state index contributed by atoms with van der Waals surface area (Å²) in [6.07, 6.45) is -1.15. The third-order valence-electron chi connectivity index (χ3n) is 6.16. The maximum atomic E-state index is 13.5. The predicted octanol–water partition coefficient (Wildman–Crippen LogP) is 4.65. The number of nitrogens with zero attached hydrogens (tertiary/aromatic N) is 4. The maximum Gasteiger partial charge on any atom is 0.416 e. The number of hydrogen-bond donors (Lipinski definition) is 1. The number of alkyl halides is 3. The Labute approximate surface area is 220 Å². The molecule has 0 spiro atoms. The van der Waals surface area contributed by atoms with Crippen LogP contribution >= 0.6 is 23.4 Å². The van der Waals surface area contributed by atoms with Crippen molar-refractivity contribution in [1.82, 2.24) is 20.0 Å². The Hall–Kier alpha value is -2.86. The van der Waals surface area contributed by atoms with Crippen LogP contribution in [0.4, 0.5) is 13.2 Å². The molecule has 0 aliphatic carbocycles. The number of benzene rings is 2. The van der Waals surface area contributed by atoms with E-state index in [1.165, 1.54) is 28.6 Å². The van der Waals surface area contributed by atoms with E-state index in [1.807, 2.05) is 12.1 Å². The highest BCUT2D eigenvalue weighted by Gasteiger charge is 2.34. The van der Waals surface area contributed by atoms with Crippen LogP contribution in [-0.4, -0.2) is 65.1 Å². The van der Waals surface area contributed by atoms with Gasteiger partial charge in [0, 0.05) is 43.2 Å². The topological polar surface area (TPSA) is 71.8 Å². The van der Waals surface area contributed by atoms with Crippen molar-refractivity contribution in [1.29, 1.82) is 0 Å². The Morgan fingerprint density at radius 1 is 1.27 bits per heavy atom. The van der Waals surface area contributed by atoms with Gasteiger partial charge in [0.1, 0.15) is 0 Å². The molecule has 2 aliphatic heterocycles. The molecule has 1 N–H and O–H groups in total. The highest BCUT2D eigenvalue weighted by molar-refractivity contribution is 8.18. The average Bonchev–Trinajstić information content (AvgIpc) is 3.43. The summed E-state index contributed by atoms with van der Waals surface area (Å²) in [5.74, 6) is -0.292. The molecular formula is C25H23ClF3N5O2S.